The summed E-state index contributed by atoms with van der Waals surface area (Å²) in [4.78, 5) is 0. The highest BCUT2D eigenvalue weighted by Crippen LogP contribution is 2.27. The summed E-state index contributed by atoms with van der Waals surface area (Å²) in [5, 5.41) is 10.6. The van der Waals surface area contributed by atoms with Crippen LogP contribution in [-0.2, 0) is 10.0 Å². The second-order valence-electron chi connectivity index (χ2n) is 2.09. The average Bonchev–Trinajstić information content (AvgIpc) is 2.35. The molecule has 4 nitrogen and oxygen atoms in total. The van der Waals surface area contributed by atoms with Gasteiger partial charge in [0.2, 0.25) is 0 Å². The zero-order chi connectivity index (χ0) is 9.19. The Hall–Kier alpha value is -0.590. The van der Waals surface area contributed by atoms with Gasteiger partial charge in [0.05, 0.1) is 0 Å². The summed E-state index contributed by atoms with van der Waals surface area (Å²) in [5.41, 5.74) is 0. The van der Waals surface area contributed by atoms with E-state index in [1.54, 1.807) is 6.92 Å². The Labute approximate surface area is 74.9 Å². The van der Waals surface area contributed by atoms with Crippen molar-refractivity contribution in [2.75, 3.05) is 6.54 Å². The van der Waals surface area contributed by atoms with Crippen molar-refractivity contribution in [3.63, 3.8) is 0 Å². The van der Waals surface area contributed by atoms with Crippen molar-refractivity contribution < 1.29 is 13.5 Å². The van der Waals surface area contributed by atoms with Crippen LogP contribution in [0.2, 0.25) is 0 Å². The van der Waals surface area contributed by atoms with Crippen molar-refractivity contribution in [3.8, 4) is 5.75 Å². The van der Waals surface area contributed by atoms with Gasteiger partial charge in [-0.1, -0.05) is 6.92 Å². The van der Waals surface area contributed by atoms with Gasteiger partial charge >= 0.3 is 0 Å². The minimum Gasteiger partial charge on any atom is -0.506 e. The van der Waals surface area contributed by atoms with Gasteiger partial charge in [-0.2, -0.15) is 0 Å². The molecule has 1 rings (SSSR count). The average molecular weight is 207 g/mol. The SMILES string of the molecule is CCNS(=O)(=O)c1sccc1O. The zero-order valence-corrected chi connectivity index (χ0v) is 8.08. The van der Waals surface area contributed by atoms with Gasteiger partial charge in [-0.15, -0.1) is 11.3 Å². The van der Waals surface area contributed by atoms with Crippen LogP contribution in [0.3, 0.4) is 0 Å². The van der Waals surface area contributed by atoms with Gasteiger partial charge in [-0.05, 0) is 11.4 Å². The predicted octanol–water partition coefficient (Wildman–Crippen LogP) is 0.752. The van der Waals surface area contributed by atoms with Crippen LogP contribution in [0.15, 0.2) is 15.7 Å². The van der Waals surface area contributed by atoms with Crippen LogP contribution < -0.4 is 4.72 Å². The Bertz CT molecular complexity index is 355. The summed E-state index contributed by atoms with van der Waals surface area (Å²) >= 11 is 0.996. The van der Waals surface area contributed by atoms with E-state index in [4.69, 9.17) is 5.11 Å². The van der Waals surface area contributed by atoms with Crippen LogP contribution in [0.5, 0.6) is 5.75 Å². The van der Waals surface area contributed by atoms with Crippen molar-refractivity contribution in [1.29, 1.82) is 0 Å². The maximum absolute atomic E-state index is 11.3. The van der Waals surface area contributed by atoms with Crippen molar-refractivity contribution in [3.05, 3.63) is 11.4 Å². The van der Waals surface area contributed by atoms with Crippen LogP contribution in [0.25, 0.3) is 0 Å². The molecule has 0 spiro atoms. The van der Waals surface area contributed by atoms with E-state index in [1.165, 1.54) is 11.4 Å². The molecule has 0 amide bonds. The number of rotatable bonds is 3. The second-order valence-corrected chi connectivity index (χ2v) is 4.97. The molecule has 0 aliphatic carbocycles. The molecule has 0 unspecified atom stereocenters. The summed E-state index contributed by atoms with van der Waals surface area (Å²) < 4.78 is 24.8. The van der Waals surface area contributed by atoms with Crippen molar-refractivity contribution in [1.82, 2.24) is 4.72 Å². The number of thiophene rings is 1. The first-order valence-electron chi connectivity index (χ1n) is 3.34. The third kappa shape index (κ3) is 1.77. The summed E-state index contributed by atoms with van der Waals surface area (Å²) in [7, 11) is -3.48. The molecule has 0 fully saturated rings. The Kier molecular flexibility index (Phi) is 2.71. The van der Waals surface area contributed by atoms with E-state index >= 15 is 0 Å². The smallest absolute Gasteiger partial charge is 0.253 e. The van der Waals surface area contributed by atoms with Gasteiger partial charge in [0.1, 0.15) is 5.75 Å². The van der Waals surface area contributed by atoms with E-state index in [-0.39, 0.29) is 9.96 Å². The molecule has 1 heterocycles. The Balaban J connectivity index is 3.06. The van der Waals surface area contributed by atoms with E-state index in [2.05, 4.69) is 4.72 Å². The monoisotopic (exact) mass is 207 g/mol. The van der Waals surface area contributed by atoms with E-state index in [0.29, 0.717) is 6.54 Å². The highest BCUT2D eigenvalue weighted by molar-refractivity contribution is 7.91. The van der Waals surface area contributed by atoms with Crippen LogP contribution in [-0.4, -0.2) is 20.1 Å². The van der Waals surface area contributed by atoms with Crippen LogP contribution >= 0.6 is 11.3 Å². The largest absolute Gasteiger partial charge is 0.506 e. The molecule has 1 aromatic rings. The summed E-state index contributed by atoms with van der Waals surface area (Å²) in [6, 6.07) is 1.36. The highest BCUT2D eigenvalue weighted by atomic mass is 32.2. The molecule has 0 radical (unpaired) electrons. The Morgan fingerprint density at radius 2 is 2.33 bits per heavy atom. The van der Waals surface area contributed by atoms with E-state index in [9.17, 15) is 8.42 Å². The third-order valence-corrected chi connectivity index (χ3v) is 4.20. The first-order valence-corrected chi connectivity index (χ1v) is 5.70. The molecule has 0 aliphatic rings. The molecule has 0 bridgehead atoms. The summed E-state index contributed by atoms with van der Waals surface area (Å²) in [5.74, 6) is -0.194. The number of aromatic hydroxyl groups is 1. The maximum Gasteiger partial charge on any atom is 0.253 e. The van der Waals surface area contributed by atoms with E-state index in [1.807, 2.05) is 0 Å². The molecule has 0 saturated heterocycles. The van der Waals surface area contributed by atoms with Crippen LogP contribution in [0.4, 0.5) is 0 Å². The van der Waals surface area contributed by atoms with Gasteiger partial charge in [0.15, 0.2) is 4.21 Å². The van der Waals surface area contributed by atoms with Crippen LogP contribution in [0.1, 0.15) is 6.92 Å². The number of sulfonamides is 1. The lowest BCUT2D eigenvalue weighted by Crippen LogP contribution is -2.22. The van der Waals surface area contributed by atoms with Gasteiger partial charge < -0.3 is 5.11 Å². The quantitative estimate of drug-likeness (QED) is 0.768. The fourth-order valence-electron chi connectivity index (χ4n) is 0.745. The van der Waals surface area contributed by atoms with Crippen molar-refractivity contribution >= 4 is 21.4 Å². The summed E-state index contributed by atoms with van der Waals surface area (Å²) in [6.07, 6.45) is 0. The van der Waals surface area contributed by atoms with Gasteiger partial charge in [0.25, 0.3) is 10.0 Å². The normalized spacial score (nSPS) is 11.8. The standard InChI is InChI=1S/C6H9NO3S2/c1-2-7-12(9,10)6-5(8)3-4-11-6/h3-4,7-8H,2H2,1H3. The molecule has 0 saturated carbocycles. The molecular weight excluding hydrogens is 198 g/mol. The molecule has 12 heavy (non-hydrogen) atoms. The molecule has 1 aromatic heterocycles. The Morgan fingerprint density at radius 1 is 1.67 bits per heavy atom. The lowest BCUT2D eigenvalue weighted by atomic mass is 10.6. The molecule has 0 aromatic carbocycles. The molecule has 2 N–H and O–H groups in total. The number of nitrogens with one attached hydrogen (secondary N) is 1. The topological polar surface area (TPSA) is 66.4 Å². The minimum atomic E-state index is -3.48. The lowest BCUT2D eigenvalue weighted by Gasteiger charge is -2.00. The van der Waals surface area contributed by atoms with Gasteiger partial charge in [0, 0.05) is 6.54 Å². The fourth-order valence-corrected chi connectivity index (χ4v) is 2.96. The Morgan fingerprint density at radius 3 is 2.75 bits per heavy atom. The van der Waals surface area contributed by atoms with E-state index in [0.717, 1.165) is 11.3 Å². The third-order valence-electron chi connectivity index (χ3n) is 1.19. The van der Waals surface area contributed by atoms with Crippen LogP contribution in [0, 0.1) is 0 Å². The van der Waals surface area contributed by atoms with E-state index < -0.39 is 10.0 Å². The second kappa shape index (κ2) is 3.42. The first-order chi connectivity index (χ1) is 5.58. The first kappa shape index (κ1) is 9.50. The predicted molar refractivity (Wildman–Crippen MR) is 46.8 cm³/mol. The molecule has 68 valence electrons. The fraction of sp³-hybridized carbons (Fsp3) is 0.333. The van der Waals surface area contributed by atoms with Gasteiger partial charge in [-0.25, -0.2) is 13.1 Å². The number of hydrogen-bond donors (Lipinski definition) is 2. The number of hydrogen-bond acceptors (Lipinski definition) is 4. The molecule has 0 atom stereocenters. The molecular formula is C6H9NO3S2. The zero-order valence-electron chi connectivity index (χ0n) is 6.44. The summed E-state index contributed by atoms with van der Waals surface area (Å²) in [6.45, 7) is 2.00. The van der Waals surface area contributed by atoms with Crippen molar-refractivity contribution in [2.45, 2.75) is 11.1 Å². The maximum atomic E-state index is 11.3. The van der Waals surface area contributed by atoms with Crippen molar-refractivity contribution in [2.24, 2.45) is 0 Å². The minimum absolute atomic E-state index is 0.0237. The molecule has 0 aliphatic heterocycles. The molecule has 6 heteroatoms. The van der Waals surface area contributed by atoms with Gasteiger partial charge in [-0.3, -0.25) is 0 Å². The highest BCUT2D eigenvalue weighted by Gasteiger charge is 2.18. The lowest BCUT2D eigenvalue weighted by molar-refractivity contribution is 0.463.